The van der Waals surface area contributed by atoms with E-state index in [0.717, 1.165) is 28.8 Å². The maximum Gasteiger partial charge on any atom is 0.416 e. The molecule has 0 saturated heterocycles. The summed E-state index contributed by atoms with van der Waals surface area (Å²) in [7, 11) is 1.74. The highest BCUT2D eigenvalue weighted by Crippen LogP contribution is 2.33. The van der Waals surface area contributed by atoms with E-state index in [9.17, 15) is 13.2 Å². The van der Waals surface area contributed by atoms with Crippen molar-refractivity contribution in [3.05, 3.63) is 69.3 Å². The minimum Gasteiger partial charge on any atom is -0.347 e. The van der Waals surface area contributed by atoms with Crippen molar-refractivity contribution < 1.29 is 13.2 Å². The number of fused-ring (bicyclic) bond motifs is 1. The second-order valence-electron chi connectivity index (χ2n) is 5.34. The molecule has 0 spiro atoms. The smallest absolute Gasteiger partial charge is 0.347 e. The quantitative estimate of drug-likeness (QED) is 0.522. The predicted molar refractivity (Wildman–Crippen MR) is 87.2 cm³/mol. The van der Waals surface area contributed by atoms with Crippen LogP contribution in [0.25, 0.3) is 10.9 Å². The highest BCUT2D eigenvalue weighted by molar-refractivity contribution is 6.36. The summed E-state index contributed by atoms with van der Waals surface area (Å²) in [5.41, 5.74) is 1.47. The second-order valence-corrected chi connectivity index (χ2v) is 6.16. The van der Waals surface area contributed by atoms with E-state index < -0.39 is 11.7 Å². The number of alkyl halides is 3. The molecule has 6 heteroatoms. The Kier molecular flexibility index (Phi) is 4.07. The summed E-state index contributed by atoms with van der Waals surface area (Å²) in [5.74, 6) is 0. The van der Waals surface area contributed by atoms with Gasteiger partial charge in [-0.05, 0) is 41.3 Å². The minimum atomic E-state index is -4.36. The molecule has 0 N–H and O–H groups in total. The Morgan fingerprint density at radius 1 is 1.00 bits per heavy atom. The Labute approximate surface area is 141 Å². The molecule has 0 atom stereocenters. The van der Waals surface area contributed by atoms with Gasteiger partial charge in [0.25, 0.3) is 0 Å². The topological polar surface area (TPSA) is 4.93 Å². The molecule has 0 aliphatic heterocycles. The molecule has 0 radical (unpaired) electrons. The van der Waals surface area contributed by atoms with Gasteiger partial charge in [-0.1, -0.05) is 35.3 Å². The van der Waals surface area contributed by atoms with Crippen LogP contribution in [0.5, 0.6) is 0 Å². The largest absolute Gasteiger partial charge is 0.416 e. The van der Waals surface area contributed by atoms with Crippen LogP contribution >= 0.6 is 23.2 Å². The van der Waals surface area contributed by atoms with Crippen molar-refractivity contribution in [1.29, 1.82) is 0 Å². The monoisotopic (exact) mass is 357 g/mol. The summed E-state index contributed by atoms with van der Waals surface area (Å²) < 4.78 is 40.3. The molecule has 0 aliphatic rings. The number of hydrogen-bond donors (Lipinski definition) is 0. The van der Waals surface area contributed by atoms with E-state index in [1.807, 2.05) is 6.07 Å². The van der Waals surface area contributed by atoms with E-state index in [-0.39, 0.29) is 0 Å². The van der Waals surface area contributed by atoms with E-state index in [4.69, 9.17) is 23.2 Å². The van der Waals surface area contributed by atoms with Gasteiger partial charge in [0.05, 0.1) is 5.56 Å². The van der Waals surface area contributed by atoms with E-state index in [0.29, 0.717) is 22.0 Å². The Bertz CT molecular complexity index is 861. The van der Waals surface area contributed by atoms with Crippen molar-refractivity contribution in [2.45, 2.75) is 12.6 Å². The van der Waals surface area contributed by atoms with Crippen LogP contribution in [0.1, 0.15) is 16.8 Å². The molecule has 1 nitrogen and oxygen atoms in total. The maximum atomic E-state index is 12.9. The van der Waals surface area contributed by atoms with Crippen LogP contribution in [-0.2, 0) is 19.6 Å². The number of rotatable bonds is 2. The van der Waals surface area contributed by atoms with E-state index in [1.165, 1.54) is 6.07 Å². The molecule has 3 rings (SSSR count). The number of aromatic nitrogens is 1. The fourth-order valence-corrected chi connectivity index (χ4v) is 3.15. The van der Waals surface area contributed by atoms with Crippen molar-refractivity contribution >= 4 is 34.1 Å². The lowest BCUT2D eigenvalue weighted by Crippen LogP contribution is -2.05. The number of halogens is 5. The van der Waals surface area contributed by atoms with Crippen molar-refractivity contribution in [2.24, 2.45) is 7.05 Å². The van der Waals surface area contributed by atoms with E-state index >= 15 is 0 Å². The number of nitrogens with zero attached hydrogens (tertiary/aromatic N) is 1. The maximum absolute atomic E-state index is 12.9. The molecule has 0 unspecified atom stereocenters. The molecular weight excluding hydrogens is 346 g/mol. The van der Waals surface area contributed by atoms with Crippen molar-refractivity contribution in [1.82, 2.24) is 4.57 Å². The fourth-order valence-electron chi connectivity index (χ4n) is 2.62. The normalized spacial score (nSPS) is 12.1. The third-order valence-electron chi connectivity index (χ3n) is 3.89. The first kappa shape index (κ1) is 16.2. The average molecular weight is 358 g/mol. The Balaban J connectivity index is 2.08. The average Bonchev–Trinajstić information content (AvgIpc) is 2.78. The summed E-state index contributed by atoms with van der Waals surface area (Å²) in [6.07, 6.45) is -3.91. The third-order valence-corrected chi connectivity index (χ3v) is 4.60. The molecule has 0 amide bonds. The summed E-state index contributed by atoms with van der Waals surface area (Å²) >= 11 is 12.3. The van der Waals surface area contributed by atoms with Crippen LogP contribution in [0.2, 0.25) is 10.0 Å². The van der Waals surface area contributed by atoms with Gasteiger partial charge in [0.1, 0.15) is 0 Å². The molecule has 0 fully saturated rings. The predicted octanol–water partition coefficient (Wildman–Crippen LogP) is 6.09. The standard InChI is InChI=1S/C17H12Cl2F3N/c1-23-12(9-13-14(18)3-2-4-15(13)19)7-10-5-6-11(8-16(10)23)17(20,21)22/h2-8H,9H2,1H3. The number of aryl methyl sites for hydroxylation is 1. The van der Waals surface area contributed by atoms with Gasteiger partial charge in [0.2, 0.25) is 0 Å². The highest BCUT2D eigenvalue weighted by Gasteiger charge is 2.30. The zero-order valence-corrected chi connectivity index (χ0v) is 13.6. The van der Waals surface area contributed by atoms with E-state index in [1.54, 1.807) is 29.8 Å². The Morgan fingerprint density at radius 2 is 1.65 bits per heavy atom. The van der Waals surface area contributed by atoms with Crippen LogP contribution in [0.4, 0.5) is 13.2 Å². The molecule has 1 aromatic heterocycles. The summed E-state index contributed by atoms with van der Waals surface area (Å²) in [6.45, 7) is 0. The summed E-state index contributed by atoms with van der Waals surface area (Å²) in [6, 6.07) is 10.8. The lowest BCUT2D eigenvalue weighted by atomic mass is 10.1. The fraction of sp³-hybridized carbons (Fsp3) is 0.176. The van der Waals surface area contributed by atoms with Crippen LogP contribution in [0.15, 0.2) is 42.5 Å². The molecule has 23 heavy (non-hydrogen) atoms. The SMILES string of the molecule is Cn1c(Cc2c(Cl)cccc2Cl)cc2ccc(C(F)(F)F)cc21. The Morgan fingerprint density at radius 3 is 2.26 bits per heavy atom. The van der Waals surface area contributed by atoms with Gasteiger partial charge in [0.15, 0.2) is 0 Å². The number of benzene rings is 2. The van der Waals surface area contributed by atoms with Crippen molar-refractivity contribution in [3.8, 4) is 0 Å². The van der Waals surface area contributed by atoms with Gasteiger partial charge < -0.3 is 4.57 Å². The summed E-state index contributed by atoms with van der Waals surface area (Å²) in [4.78, 5) is 0. The first-order valence-electron chi connectivity index (χ1n) is 6.86. The third kappa shape index (κ3) is 3.06. The first-order valence-corrected chi connectivity index (χ1v) is 7.61. The molecule has 120 valence electrons. The molecule has 0 bridgehead atoms. The first-order chi connectivity index (χ1) is 10.8. The lowest BCUT2D eigenvalue weighted by molar-refractivity contribution is -0.137. The van der Waals surface area contributed by atoms with Crippen LogP contribution in [-0.4, -0.2) is 4.57 Å². The van der Waals surface area contributed by atoms with Crippen molar-refractivity contribution in [3.63, 3.8) is 0 Å². The molecular formula is C17H12Cl2F3N. The molecule has 3 aromatic rings. The lowest BCUT2D eigenvalue weighted by Gasteiger charge is -2.09. The van der Waals surface area contributed by atoms with Crippen molar-refractivity contribution in [2.75, 3.05) is 0 Å². The van der Waals surface area contributed by atoms with E-state index in [2.05, 4.69) is 0 Å². The van der Waals surface area contributed by atoms with Gasteiger partial charge in [-0.2, -0.15) is 13.2 Å². The zero-order chi connectivity index (χ0) is 16.8. The molecule has 0 aliphatic carbocycles. The van der Waals surface area contributed by atoms with Crippen LogP contribution in [0, 0.1) is 0 Å². The van der Waals surface area contributed by atoms with Crippen LogP contribution < -0.4 is 0 Å². The molecule has 2 aromatic carbocycles. The van der Waals surface area contributed by atoms with Gasteiger partial charge >= 0.3 is 6.18 Å². The molecule has 0 saturated carbocycles. The van der Waals surface area contributed by atoms with Gasteiger partial charge in [-0.15, -0.1) is 0 Å². The van der Waals surface area contributed by atoms with Gasteiger partial charge in [-0.3, -0.25) is 0 Å². The zero-order valence-electron chi connectivity index (χ0n) is 12.1. The highest BCUT2D eigenvalue weighted by atomic mass is 35.5. The van der Waals surface area contributed by atoms with Gasteiger partial charge in [-0.25, -0.2) is 0 Å². The van der Waals surface area contributed by atoms with Gasteiger partial charge in [0, 0.05) is 34.7 Å². The second kappa shape index (κ2) is 5.77. The summed E-state index contributed by atoms with van der Waals surface area (Å²) in [5, 5.41) is 1.83. The van der Waals surface area contributed by atoms with Crippen LogP contribution in [0.3, 0.4) is 0 Å². The Hall–Kier alpha value is -1.65. The minimum absolute atomic E-state index is 0.449. The number of hydrogen-bond acceptors (Lipinski definition) is 0. The molecule has 1 heterocycles.